The van der Waals surface area contributed by atoms with Crippen LogP contribution in [0.4, 0.5) is 17.1 Å². The van der Waals surface area contributed by atoms with Gasteiger partial charge in [-0.05, 0) is 61.4 Å². The van der Waals surface area contributed by atoms with Crippen LogP contribution in [0.1, 0.15) is 16.9 Å². The smallest absolute Gasteiger partial charge is 0.263 e. The molecule has 0 aliphatic rings. The Bertz CT molecular complexity index is 1260. The molecule has 0 aliphatic carbocycles. The summed E-state index contributed by atoms with van der Waals surface area (Å²) in [5.41, 5.74) is 3.63. The van der Waals surface area contributed by atoms with Gasteiger partial charge in [0.25, 0.3) is 5.91 Å². The fourth-order valence-corrected chi connectivity index (χ4v) is 3.21. The van der Waals surface area contributed by atoms with E-state index in [-0.39, 0.29) is 5.57 Å². The molecule has 174 valence electrons. The molecule has 0 saturated heterocycles. The predicted molar refractivity (Wildman–Crippen MR) is 135 cm³/mol. The predicted octanol–water partition coefficient (Wildman–Crippen LogP) is 7.14. The monoisotopic (exact) mass is 515 g/mol. The molecule has 1 amide bonds. The first-order chi connectivity index (χ1) is 16.2. The summed E-state index contributed by atoms with van der Waals surface area (Å²) in [6.45, 7) is 3.82. The number of alkyl halides is 3. The second-order valence-corrected chi connectivity index (χ2v) is 9.63. The average Bonchev–Trinajstić information content (AvgIpc) is 3.30. The fourth-order valence-electron chi connectivity index (χ4n) is 2.88. The van der Waals surface area contributed by atoms with Gasteiger partial charge in [0.05, 0.1) is 17.6 Å². The molecule has 0 aliphatic heterocycles. The number of furan rings is 1. The summed E-state index contributed by atoms with van der Waals surface area (Å²) in [5, 5.41) is 23.5. The highest BCUT2D eigenvalue weighted by Crippen LogP contribution is 2.32. The third-order valence-corrected chi connectivity index (χ3v) is 5.34. The van der Waals surface area contributed by atoms with E-state index in [1.54, 1.807) is 30.3 Å². The summed E-state index contributed by atoms with van der Waals surface area (Å²) in [6, 6.07) is 18.0. The van der Waals surface area contributed by atoms with E-state index in [9.17, 15) is 10.1 Å². The standard InChI is InChI=1S/C24H20Cl3N5O2/c1-15-6-3-4-8-20(15)31-32-21-10-9-18(12-16(21)2)29-23(24(25,26)27)30-22(33)17(14-28)13-19-7-5-11-34-19/h3-13,23,29H,1-2H3,(H,30,33). The van der Waals surface area contributed by atoms with Crippen molar-refractivity contribution in [1.82, 2.24) is 5.32 Å². The average molecular weight is 517 g/mol. The number of nitrogens with one attached hydrogen (secondary N) is 2. The maximum Gasteiger partial charge on any atom is 0.263 e. The number of hydrogen-bond acceptors (Lipinski definition) is 6. The summed E-state index contributed by atoms with van der Waals surface area (Å²) < 4.78 is 3.23. The Morgan fingerprint density at radius 2 is 1.76 bits per heavy atom. The van der Waals surface area contributed by atoms with Crippen LogP contribution in [0.15, 0.2) is 81.1 Å². The van der Waals surface area contributed by atoms with Crippen LogP contribution in [-0.4, -0.2) is 15.9 Å². The number of amides is 1. The molecule has 1 heterocycles. The van der Waals surface area contributed by atoms with E-state index < -0.39 is 15.9 Å². The van der Waals surface area contributed by atoms with Gasteiger partial charge in [-0.15, -0.1) is 0 Å². The highest BCUT2D eigenvalue weighted by Gasteiger charge is 2.34. The fraction of sp³-hybridized carbons (Fsp3) is 0.167. The lowest BCUT2D eigenvalue weighted by atomic mass is 10.2. The van der Waals surface area contributed by atoms with E-state index in [0.29, 0.717) is 17.1 Å². The highest BCUT2D eigenvalue weighted by molar-refractivity contribution is 6.68. The zero-order valence-corrected chi connectivity index (χ0v) is 20.5. The number of nitrogens with zero attached hydrogens (tertiary/aromatic N) is 3. The molecule has 0 bridgehead atoms. The van der Waals surface area contributed by atoms with Crippen LogP contribution in [-0.2, 0) is 4.79 Å². The van der Waals surface area contributed by atoms with Crippen molar-refractivity contribution < 1.29 is 9.21 Å². The van der Waals surface area contributed by atoms with E-state index in [2.05, 4.69) is 20.9 Å². The summed E-state index contributed by atoms with van der Waals surface area (Å²) in [7, 11) is 0. The first kappa shape index (κ1) is 25.3. The molecule has 1 aromatic heterocycles. The van der Waals surface area contributed by atoms with Crippen LogP contribution in [0.5, 0.6) is 0 Å². The number of rotatable bonds is 7. The number of hydrogen-bond donors (Lipinski definition) is 2. The molecule has 2 aromatic carbocycles. The molecule has 10 heteroatoms. The number of carbonyl (C=O) groups excluding carboxylic acids is 1. The number of benzene rings is 2. The molecule has 0 spiro atoms. The van der Waals surface area contributed by atoms with E-state index in [4.69, 9.17) is 39.2 Å². The molecule has 0 saturated carbocycles. The maximum atomic E-state index is 12.6. The lowest BCUT2D eigenvalue weighted by molar-refractivity contribution is -0.117. The summed E-state index contributed by atoms with van der Waals surface area (Å²) in [6.07, 6.45) is 1.58. The number of anilines is 1. The number of azo groups is 1. The zero-order chi connectivity index (χ0) is 24.7. The van der Waals surface area contributed by atoms with Gasteiger partial charge in [-0.2, -0.15) is 15.5 Å². The molecule has 0 fully saturated rings. The van der Waals surface area contributed by atoms with Gasteiger partial charge in [0.2, 0.25) is 3.79 Å². The largest absolute Gasteiger partial charge is 0.465 e. The van der Waals surface area contributed by atoms with Crippen molar-refractivity contribution in [2.24, 2.45) is 10.2 Å². The Morgan fingerprint density at radius 1 is 1.06 bits per heavy atom. The maximum absolute atomic E-state index is 12.6. The van der Waals surface area contributed by atoms with Gasteiger partial charge in [0.15, 0.2) is 0 Å². The van der Waals surface area contributed by atoms with Crippen LogP contribution in [0.25, 0.3) is 6.08 Å². The summed E-state index contributed by atoms with van der Waals surface area (Å²) in [4.78, 5) is 12.6. The number of halogens is 3. The molecule has 1 atom stereocenters. The second kappa shape index (κ2) is 11.2. The zero-order valence-electron chi connectivity index (χ0n) is 18.2. The van der Waals surface area contributed by atoms with Crippen LogP contribution in [0, 0.1) is 25.2 Å². The van der Waals surface area contributed by atoms with E-state index in [1.807, 2.05) is 44.2 Å². The minimum Gasteiger partial charge on any atom is -0.465 e. The third-order valence-electron chi connectivity index (χ3n) is 4.69. The minimum absolute atomic E-state index is 0.209. The van der Waals surface area contributed by atoms with Crippen molar-refractivity contribution in [2.45, 2.75) is 23.8 Å². The van der Waals surface area contributed by atoms with Crippen molar-refractivity contribution in [2.75, 3.05) is 5.32 Å². The van der Waals surface area contributed by atoms with E-state index >= 15 is 0 Å². The van der Waals surface area contributed by atoms with Crippen molar-refractivity contribution >= 4 is 63.8 Å². The van der Waals surface area contributed by atoms with Gasteiger partial charge in [0.1, 0.15) is 23.6 Å². The Balaban J connectivity index is 1.76. The molecular formula is C24H20Cl3N5O2. The SMILES string of the molecule is Cc1ccccc1N=Nc1ccc(NC(NC(=O)C(C#N)=Cc2ccco2)C(Cl)(Cl)Cl)cc1C. The molecule has 1 unspecified atom stereocenters. The first-order valence-corrected chi connectivity index (χ1v) is 11.2. The quantitative estimate of drug-likeness (QED) is 0.114. The molecule has 7 nitrogen and oxygen atoms in total. The molecule has 34 heavy (non-hydrogen) atoms. The number of aryl methyl sites for hydroxylation is 2. The Morgan fingerprint density at radius 3 is 2.35 bits per heavy atom. The lowest BCUT2D eigenvalue weighted by Crippen LogP contribution is -2.49. The van der Waals surface area contributed by atoms with Gasteiger partial charge >= 0.3 is 0 Å². The summed E-state index contributed by atoms with van der Waals surface area (Å²) in [5.74, 6) is -0.390. The molecular weight excluding hydrogens is 497 g/mol. The second-order valence-electron chi connectivity index (χ2n) is 7.27. The van der Waals surface area contributed by atoms with E-state index in [1.165, 1.54) is 12.3 Å². The highest BCUT2D eigenvalue weighted by atomic mass is 35.6. The molecule has 3 aromatic rings. The Kier molecular flexibility index (Phi) is 8.35. The van der Waals surface area contributed by atoms with Crippen molar-refractivity contribution in [3.8, 4) is 6.07 Å². The lowest BCUT2D eigenvalue weighted by Gasteiger charge is -2.27. The van der Waals surface area contributed by atoms with Gasteiger partial charge in [0, 0.05) is 11.8 Å². The van der Waals surface area contributed by atoms with Crippen molar-refractivity contribution in [1.29, 1.82) is 5.26 Å². The van der Waals surface area contributed by atoms with Crippen molar-refractivity contribution in [3.05, 3.63) is 83.3 Å². The van der Waals surface area contributed by atoms with Gasteiger partial charge in [-0.1, -0.05) is 53.0 Å². The minimum atomic E-state index is -1.92. The van der Waals surface area contributed by atoms with Crippen LogP contribution >= 0.6 is 34.8 Å². The Labute approximate surface area is 212 Å². The molecule has 0 radical (unpaired) electrons. The van der Waals surface area contributed by atoms with Gasteiger partial charge < -0.3 is 15.1 Å². The van der Waals surface area contributed by atoms with Crippen LogP contribution < -0.4 is 10.6 Å². The van der Waals surface area contributed by atoms with E-state index in [0.717, 1.165) is 16.8 Å². The van der Waals surface area contributed by atoms with Gasteiger partial charge in [-0.3, -0.25) is 4.79 Å². The molecule has 3 rings (SSSR count). The van der Waals surface area contributed by atoms with Crippen LogP contribution in [0.3, 0.4) is 0 Å². The summed E-state index contributed by atoms with van der Waals surface area (Å²) >= 11 is 18.3. The van der Waals surface area contributed by atoms with Gasteiger partial charge in [-0.25, -0.2) is 0 Å². The number of nitriles is 1. The Hall–Kier alpha value is -3.31. The number of carbonyl (C=O) groups is 1. The van der Waals surface area contributed by atoms with Crippen molar-refractivity contribution in [3.63, 3.8) is 0 Å². The van der Waals surface area contributed by atoms with Crippen LogP contribution in [0.2, 0.25) is 0 Å². The molecule has 2 N–H and O–H groups in total. The third kappa shape index (κ3) is 6.84. The first-order valence-electron chi connectivity index (χ1n) is 10.0. The topological polar surface area (TPSA) is 103 Å². The normalized spacial score (nSPS) is 12.9.